The van der Waals surface area contributed by atoms with Gasteiger partial charge >= 0.3 is 0 Å². The minimum absolute atomic E-state index is 0.0884. The van der Waals surface area contributed by atoms with Crippen LogP contribution in [0.3, 0.4) is 0 Å². The first-order valence-electron chi connectivity index (χ1n) is 11.4. The maximum atomic E-state index is 12.4. The molecule has 4 nitrogen and oxygen atoms in total. The molecule has 2 aromatic carbocycles. The molecule has 30 heavy (non-hydrogen) atoms. The number of carbonyl (C=O) groups is 2. The SMILES string of the molecule is O=C(CC[C@]1(Cc2ccc3ccccc3c2)CCC(=O)N1)NCCC1=CCCCC1. The topological polar surface area (TPSA) is 58.2 Å². The largest absolute Gasteiger partial charge is 0.356 e. The van der Waals surface area contributed by atoms with Gasteiger partial charge in [0.1, 0.15) is 0 Å². The van der Waals surface area contributed by atoms with Crippen LogP contribution >= 0.6 is 0 Å². The van der Waals surface area contributed by atoms with Crippen molar-refractivity contribution in [2.45, 2.75) is 69.7 Å². The summed E-state index contributed by atoms with van der Waals surface area (Å²) in [5.41, 5.74) is 2.38. The molecule has 0 bridgehead atoms. The van der Waals surface area contributed by atoms with E-state index in [9.17, 15) is 9.59 Å². The molecule has 2 amide bonds. The fourth-order valence-electron chi connectivity index (χ4n) is 4.86. The molecule has 0 spiro atoms. The summed E-state index contributed by atoms with van der Waals surface area (Å²) < 4.78 is 0. The summed E-state index contributed by atoms with van der Waals surface area (Å²) in [6.07, 6.45) is 11.5. The van der Waals surface area contributed by atoms with E-state index in [1.807, 2.05) is 12.1 Å². The van der Waals surface area contributed by atoms with Crippen molar-refractivity contribution in [2.75, 3.05) is 6.54 Å². The fourth-order valence-corrected chi connectivity index (χ4v) is 4.86. The van der Waals surface area contributed by atoms with Crippen molar-refractivity contribution >= 4 is 22.6 Å². The number of nitrogens with one attached hydrogen (secondary N) is 2. The number of carbonyl (C=O) groups excluding carboxylic acids is 2. The Balaban J connectivity index is 1.34. The molecule has 1 saturated heterocycles. The minimum atomic E-state index is -0.317. The number of rotatable bonds is 8. The number of fused-ring (bicyclic) bond motifs is 1. The maximum absolute atomic E-state index is 12.4. The van der Waals surface area contributed by atoms with Crippen LogP contribution in [0.5, 0.6) is 0 Å². The first-order chi connectivity index (χ1) is 14.6. The van der Waals surface area contributed by atoms with Crippen LogP contribution in [0.2, 0.25) is 0 Å². The van der Waals surface area contributed by atoms with E-state index in [2.05, 4.69) is 47.0 Å². The van der Waals surface area contributed by atoms with Crippen molar-refractivity contribution in [3.63, 3.8) is 0 Å². The Bertz CT molecular complexity index is 949. The summed E-state index contributed by atoms with van der Waals surface area (Å²) in [7, 11) is 0. The number of amides is 2. The first-order valence-corrected chi connectivity index (χ1v) is 11.4. The monoisotopic (exact) mass is 404 g/mol. The molecular weight excluding hydrogens is 372 g/mol. The van der Waals surface area contributed by atoms with Crippen LogP contribution < -0.4 is 10.6 Å². The van der Waals surface area contributed by atoms with E-state index in [0.29, 0.717) is 25.8 Å². The Morgan fingerprint density at radius 1 is 1.07 bits per heavy atom. The van der Waals surface area contributed by atoms with Gasteiger partial charge in [-0.25, -0.2) is 0 Å². The molecule has 1 fully saturated rings. The van der Waals surface area contributed by atoms with Gasteiger partial charge in [0.2, 0.25) is 11.8 Å². The highest BCUT2D eigenvalue weighted by Gasteiger charge is 2.37. The predicted octanol–water partition coefficient (Wildman–Crippen LogP) is 4.82. The summed E-state index contributed by atoms with van der Waals surface area (Å²) in [6.45, 7) is 0.717. The molecule has 4 rings (SSSR count). The van der Waals surface area contributed by atoms with Gasteiger partial charge in [-0.2, -0.15) is 0 Å². The highest BCUT2D eigenvalue weighted by molar-refractivity contribution is 5.83. The molecule has 2 aromatic rings. The van der Waals surface area contributed by atoms with Crippen molar-refractivity contribution in [2.24, 2.45) is 0 Å². The lowest BCUT2D eigenvalue weighted by atomic mass is 9.84. The predicted molar refractivity (Wildman–Crippen MR) is 121 cm³/mol. The van der Waals surface area contributed by atoms with Crippen molar-refractivity contribution in [3.8, 4) is 0 Å². The highest BCUT2D eigenvalue weighted by Crippen LogP contribution is 2.30. The molecule has 1 aliphatic carbocycles. The van der Waals surface area contributed by atoms with E-state index in [-0.39, 0.29) is 17.4 Å². The van der Waals surface area contributed by atoms with Crippen molar-refractivity contribution in [1.82, 2.24) is 10.6 Å². The van der Waals surface area contributed by atoms with Gasteiger partial charge in [-0.3, -0.25) is 9.59 Å². The molecule has 1 aliphatic heterocycles. The summed E-state index contributed by atoms with van der Waals surface area (Å²) in [4.78, 5) is 24.5. The normalized spacial score (nSPS) is 21.3. The number of hydrogen-bond donors (Lipinski definition) is 2. The standard InChI is InChI=1S/C26H32N2O2/c29-24(27-17-14-20-6-2-1-3-7-20)12-15-26(16-13-25(30)28-26)19-21-10-11-22-8-4-5-9-23(22)18-21/h4-6,8-11,18H,1-3,7,12-17,19H2,(H,27,29)(H,28,30)/t26-/m1/s1. The zero-order valence-corrected chi connectivity index (χ0v) is 17.7. The average Bonchev–Trinajstić information content (AvgIpc) is 3.13. The molecule has 4 heteroatoms. The fraction of sp³-hybridized carbons (Fsp3) is 0.462. The van der Waals surface area contributed by atoms with Crippen LogP contribution in [0.15, 0.2) is 54.1 Å². The van der Waals surface area contributed by atoms with E-state index in [1.54, 1.807) is 0 Å². The lowest BCUT2D eigenvalue weighted by Crippen LogP contribution is -2.44. The smallest absolute Gasteiger partial charge is 0.220 e. The third-order valence-corrected chi connectivity index (χ3v) is 6.58. The number of hydrogen-bond acceptors (Lipinski definition) is 2. The molecular formula is C26H32N2O2. The Morgan fingerprint density at radius 2 is 1.93 bits per heavy atom. The average molecular weight is 405 g/mol. The summed E-state index contributed by atoms with van der Waals surface area (Å²) >= 11 is 0. The second-order valence-corrected chi connectivity index (χ2v) is 8.89. The zero-order valence-electron chi connectivity index (χ0n) is 17.7. The van der Waals surface area contributed by atoms with Crippen molar-refractivity contribution < 1.29 is 9.59 Å². The van der Waals surface area contributed by atoms with Gasteiger partial charge in [0.25, 0.3) is 0 Å². The number of benzene rings is 2. The van der Waals surface area contributed by atoms with Gasteiger partial charge in [0.15, 0.2) is 0 Å². The molecule has 1 atom stereocenters. The first kappa shape index (κ1) is 20.6. The Kier molecular flexibility index (Phi) is 6.51. The van der Waals surface area contributed by atoms with E-state index in [0.717, 1.165) is 19.3 Å². The molecule has 0 saturated carbocycles. The van der Waals surface area contributed by atoms with Gasteiger partial charge in [-0.05, 0) is 67.7 Å². The molecule has 0 unspecified atom stereocenters. The van der Waals surface area contributed by atoms with Crippen LogP contribution in [0.25, 0.3) is 10.8 Å². The van der Waals surface area contributed by atoms with E-state index < -0.39 is 0 Å². The van der Waals surface area contributed by atoms with E-state index >= 15 is 0 Å². The molecule has 2 N–H and O–H groups in total. The quantitative estimate of drug-likeness (QED) is 0.620. The van der Waals surface area contributed by atoms with Gasteiger partial charge in [0.05, 0.1) is 0 Å². The highest BCUT2D eigenvalue weighted by atomic mass is 16.2. The third-order valence-electron chi connectivity index (χ3n) is 6.58. The molecule has 0 radical (unpaired) electrons. The Hall–Kier alpha value is -2.62. The third kappa shape index (κ3) is 5.29. The minimum Gasteiger partial charge on any atom is -0.356 e. The molecule has 158 valence electrons. The van der Waals surface area contributed by atoms with Crippen molar-refractivity contribution in [1.29, 1.82) is 0 Å². The lowest BCUT2D eigenvalue weighted by molar-refractivity contribution is -0.122. The van der Waals surface area contributed by atoms with Gasteiger partial charge in [-0.15, -0.1) is 0 Å². The number of allylic oxidation sites excluding steroid dienone is 1. The van der Waals surface area contributed by atoms with Gasteiger partial charge in [0, 0.05) is 24.9 Å². The van der Waals surface area contributed by atoms with Crippen LogP contribution in [-0.4, -0.2) is 23.9 Å². The van der Waals surface area contributed by atoms with Crippen LogP contribution in [0.4, 0.5) is 0 Å². The van der Waals surface area contributed by atoms with E-state index in [1.165, 1.54) is 47.6 Å². The Labute approximate surface area is 179 Å². The van der Waals surface area contributed by atoms with Crippen LogP contribution in [-0.2, 0) is 16.0 Å². The Morgan fingerprint density at radius 3 is 2.70 bits per heavy atom. The summed E-state index contributed by atoms with van der Waals surface area (Å²) in [6, 6.07) is 14.8. The lowest BCUT2D eigenvalue weighted by Gasteiger charge is -2.29. The second-order valence-electron chi connectivity index (χ2n) is 8.89. The van der Waals surface area contributed by atoms with E-state index in [4.69, 9.17) is 0 Å². The molecule has 0 aromatic heterocycles. The molecule has 1 heterocycles. The second kappa shape index (κ2) is 9.46. The summed E-state index contributed by atoms with van der Waals surface area (Å²) in [5.74, 6) is 0.186. The molecule has 2 aliphatic rings. The van der Waals surface area contributed by atoms with Crippen LogP contribution in [0, 0.1) is 0 Å². The maximum Gasteiger partial charge on any atom is 0.220 e. The van der Waals surface area contributed by atoms with Gasteiger partial charge < -0.3 is 10.6 Å². The van der Waals surface area contributed by atoms with Crippen molar-refractivity contribution in [3.05, 3.63) is 59.7 Å². The summed E-state index contributed by atoms with van der Waals surface area (Å²) in [5, 5.41) is 8.71. The zero-order chi connectivity index (χ0) is 20.8. The van der Waals surface area contributed by atoms with Crippen LogP contribution in [0.1, 0.15) is 63.4 Å². The van der Waals surface area contributed by atoms with Gasteiger partial charge in [-0.1, -0.05) is 54.1 Å².